The van der Waals surface area contributed by atoms with E-state index in [2.05, 4.69) is 31.1 Å². The van der Waals surface area contributed by atoms with Gasteiger partial charge in [-0.3, -0.25) is 19.1 Å². The standard InChI is InChI=1S/C36H38N4O5/c1-24-8-3-14-33(25(24)2)45-17-7-15-34(41)40-16-6-12-31-30(11-5-13-32(31)40)28-19-37-39(23-28)20-26-9-4-10-27(18-26)35(42)38-21-29(22-38)36(43)44/h3-5,8-11,13-14,18-19,23,29H,6-7,12,15-17,20-22H2,1-2H3,(H,43,44). The second-order valence-electron chi connectivity index (χ2n) is 12.0. The Kier molecular flexibility index (Phi) is 8.69. The van der Waals surface area contributed by atoms with E-state index in [9.17, 15) is 14.4 Å². The van der Waals surface area contributed by atoms with E-state index in [4.69, 9.17) is 9.84 Å². The number of hydrogen-bond donors (Lipinski definition) is 1. The van der Waals surface area contributed by atoms with Gasteiger partial charge in [0.1, 0.15) is 5.75 Å². The molecule has 232 valence electrons. The maximum absolute atomic E-state index is 13.3. The number of aryl methyl sites for hydroxylation is 1. The summed E-state index contributed by atoms with van der Waals surface area (Å²) in [6, 6.07) is 19.6. The van der Waals surface area contributed by atoms with E-state index < -0.39 is 11.9 Å². The molecule has 6 rings (SSSR count). The van der Waals surface area contributed by atoms with Crippen LogP contribution in [0.25, 0.3) is 11.1 Å². The number of aliphatic carboxylic acids is 1. The fourth-order valence-corrected chi connectivity index (χ4v) is 6.14. The SMILES string of the molecule is Cc1cccc(OCCCC(=O)N2CCCc3c(-c4cnn(Cc5cccc(C(=O)N6CC(C(=O)O)C6)c5)c4)cccc32)c1C. The zero-order valence-corrected chi connectivity index (χ0v) is 25.7. The minimum atomic E-state index is -0.865. The Labute approximate surface area is 263 Å². The molecule has 0 unspecified atom stereocenters. The van der Waals surface area contributed by atoms with Gasteiger partial charge in [0.15, 0.2) is 0 Å². The number of carboxylic acid groups (broad SMARTS) is 1. The lowest BCUT2D eigenvalue weighted by molar-refractivity contribution is -0.146. The lowest BCUT2D eigenvalue weighted by atomic mass is 9.93. The summed E-state index contributed by atoms with van der Waals surface area (Å²) in [5, 5.41) is 13.7. The van der Waals surface area contributed by atoms with Gasteiger partial charge in [-0.05, 0) is 85.2 Å². The van der Waals surface area contributed by atoms with Gasteiger partial charge in [-0.15, -0.1) is 0 Å². The molecule has 2 aliphatic heterocycles. The number of hydrogen-bond acceptors (Lipinski definition) is 5. The molecule has 0 aliphatic carbocycles. The molecule has 0 spiro atoms. The van der Waals surface area contributed by atoms with Gasteiger partial charge in [0.2, 0.25) is 5.91 Å². The van der Waals surface area contributed by atoms with Crippen LogP contribution in [0.1, 0.15) is 51.9 Å². The third-order valence-corrected chi connectivity index (χ3v) is 8.88. The summed E-state index contributed by atoms with van der Waals surface area (Å²) in [5.74, 6) is -0.517. The van der Waals surface area contributed by atoms with Crippen LogP contribution in [0.15, 0.2) is 73.1 Å². The number of aromatic nitrogens is 2. The van der Waals surface area contributed by atoms with Gasteiger partial charge in [0, 0.05) is 49.1 Å². The highest BCUT2D eigenvalue weighted by Gasteiger charge is 2.36. The van der Waals surface area contributed by atoms with Crippen molar-refractivity contribution in [3.05, 3.63) is 101 Å². The van der Waals surface area contributed by atoms with Crippen LogP contribution in [0.4, 0.5) is 5.69 Å². The first-order valence-corrected chi connectivity index (χ1v) is 15.5. The second kappa shape index (κ2) is 13.0. The lowest BCUT2D eigenvalue weighted by Gasteiger charge is -2.36. The van der Waals surface area contributed by atoms with E-state index in [-0.39, 0.29) is 24.9 Å². The van der Waals surface area contributed by atoms with Crippen molar-refractivity contribution in [3.63, 3.8) is 0 Å². The molecule has 4 aromatic rings. The molecule has 0 saturated carbocycles. The fourth-order valence-electron chi connectivity index (χ4n) is 6.14. The van der Waals surface area contributed by atoms with Gasteiger partial charge in [0.25, 0.3) is 5.91 Å². The molecule has 1 saturated heterocycles. The Balaban J connectivity index is 1.10. The topological polar surface area (TPSA) is 105 Å². The number of carbonyl (C=O) groups is 3. The van der Waals surface area contributed by atoms with Crippen LogP contribution in [-0.4, -0.2) is 63.8 Å². The first-order valence-electron chi connectivity index (χ1n) is 15.5. The number of benzene rings is 3. The molecular weight excluding hydrogens is 568 g/mol. The number of anilines is 1. The number of ether oxygens (including phenoxy) is 1. The van der Waals surface area contributed by atoms with E-state index in [1.165, 1.54) is 5.56 Å². The summed E-state index contributed by atoms with van der Waals surface area (Å²) >= 11 is 0. The quantitative estimate of drug-likeness (QED) is 0.239. The Morgan fingerprint density at radius 1 is 1.02 bits per heavy atom. The smallest absolute Gasteiger partial charge is 0.310 e. The van der Waals surface area contributed by atoms with Crippen LogP contribution in [0.2, 0.25) is 0 Å². The molecule has 3 aromatic carbocycles. The lowest BCUT2D eigenvalue weighted by Crippen LogP contribution is -2.53. The number of nitrogens with zero attached hydrogens (tertiary/aromatic N) is 4. The van der Waals surface area contributed by atoms with Crippen LogP contribution < -0.4 is 9.64 Å². The van der Waals surface area contributed by atoms with E-state index in [0.717, 1.165) is 52.1 Å². The Hall–Kier alpha value is -4.92. The van der Waals surface area contributed by atoms with Gasteiger partial charge in [-0.2, -0.15) is 5.10 Å². The minimum absolute atomic E-state index is 0.111. The van der Waals surface area contributed by atoms with Crippen molar-refractivity contribution in [2.45, 2.75) is 46.1 Å². The first kappa shape index (κ1) is 30.1. The van der Waals surface area contributed by atoms with Crippen LogP contribution in [-0.2, 0) is 22.6 Å². The van der Waals surface area contributed by atoms with Crippen molar-refractivity contribution >= 4 is 23.5 Å². The summed E-state index contributed by atoms with van der Waals surface area (Å²) < 4.78 is 7.83. The predicted octanol–water partition coefficient (Wildman–Crippen LogP) is 5.51. The van der Waals surface area contributed by atoms with Crippen molar-refractivity contribution in [2.24, 2.45) is 5.92 Å². The molecule has 1 N–H and O–H groups in total. The zero-order valence-electron chi connectivity index (χ0n) is 25.7. The summed E-state index contributed by atoms with van der Waals surface area (Å²) in [5.41, 5.74) is 7.98. The average Bonchev–Trinajstić information content (AvgIpc) is 3.47. The number of carbonyl (C=O) groups excluding carboxylic acids is 2. The maximum Gasteiger partial charge on any atom is 0.310 e. The molecule has 0 radical (unpaired) electrons. The third kappa shape index (κ3) is 6.48. The average molecular weight is 607 g/mol. The number of likely N-dealkylation sites (tertiary alicyclic amines) is 1. The summed E-state index contributed by atoms with van der Waals surface area (Å²) in [4.78, 5) is 40.8. The summed E-state index contributed by atoms with van der Waals surface area (Å²) in [7, 11) is 0. The number of fused-ring (bicyclic) bond motifs is 1. The Morgan fingerprint density at radius 3 is 2.64 bits per heavy atom. The highest BCUT2D eigenvalue weighted by atomic mass is 16.5. The second-order valence-corrected chi connectivity index (χ2v) is 12.0. The molecular formula is C36H38N4O5. The van der Waals surface area contributed by atoms with Gasteiger partial charge in [-0.1, -0.05) is 36.4 Å². The van der Waals surface area contributed by atoms with Crippen molar-refractivity contribution in [2.75, 3.05) is 31.1 Å². The molecule has 1 fully saturated rings. The van der Waals surface area contributed by atoms with Gasteiger partial charge in [0.05, 0.1) is 25.3 Å². The van der Waals surface area contributed by atoms with Gasteiger partial charge in [-0.25, -0.2) is 0 Å². The number of carboxylic acids is 1. The molecule has 3 heterocycles. The maximum atomic E-state index is 13.3. The van der Waals surface area contributed by atoms with Crippen molar-refractivity contribution < 1.29 is 24.2 Å². The molecule has 0 bridgehead atoms. The largest absolute Gasteiger partial charge is 0.493 e. The van der Waals surface area contributed by atoms with E-state index in [1.807, 2.05) is 64.4 Å². The van der Waals surface area contributed by atoms with Crippen LogP contribution in [0.3, 0.4) is 0 Å². The highest BCUT2D eigenvalue weighted by molar-refractivity contribution is 5.96. The fraction of sp³-hybridized carbons (Fsp3) is 0.333. The molecule has 2 amide bonds. The van der Waals surface area contributed by atoms with Gasteiger partial charge >= 0.3 is 5.97 Å². The van der Waals surface area contributed by atoms with E-state index in [0.29, 0.717) is 38.1 Å². The van der Waals surface area contributed by atoms with Crippen molar-refractivity contribution in [1.29, 1.82) is 0 Å². The number of rotatable bonds is 10. The summed E-state index contributed by atoms with van der Waals surface area (Å²) in [6.07, 6.45) is 6.71. The molecule has 9 heteroatoms. The monoisotopic (exact) mass is 606 g/mol. The normalized spacial score (nSPS) is 14.5. The first-order chi connectivity index (χ1) is 21.8. The van der Waals surface area contributed by atoms with Crippen LogP contribution in [0.5, 0.6) is 5.75 Å². The van der Waals surface area contributed by atoms with E-state index >= 15 is 0 Å². The van der Waals surface area contributed by atoms with Crippen LogP contribution >= 0.6 is 0 Å². The molecule has 1 aromatic heterocycles. The Morgan fingerprint density at radius 2 is 1.82 bits per heavy atom. The number of amides is 2. The molecule has 2 aliphatic rings. The van der Waals surface area contributed by atoms with Crippen molar-refractivity contribution in [3.8, 4) is 16.9 Å². The molecule has 0 atom stereocenters. The van der Waals surface area contributed by atoms with Crippen molar-refractivity contribution in [1.82, 2.24) is 14.7 Å². The van der Waals surface area contributed by atoms with Gasteiger partial charge < -0.3 is 19.6 Å². The summed E-state index contributed by atoms with van der Waals surface area (Å²) in [6.45, 7) is 6.30. The highest BCUT2D eigenvalue weighted by Crippen LogP contribution is 2.36. The Bertz CT molecular complexity index is 1740. The molecule has 9 nitrogen and oxygen atoms in total. The van der Waals surface area contributed by atoms with Crippen LogP contribution in [0, 0.1) is 19.8 Å². The third-order valence-electron chi connectivity index (χ3n) is 8.88. The van der Waals surface area contributed by atoms with E-state index in [1.54, 1.807) is 11.0 Å². The molecule has 45 heavy (non-hydrogen) atoms. The zero-order chi connectivity index (χ0) is 31.5. The predicted molar refractivity (Wildman–Crippen MR) is 172 cm³/mol. The minimum Gasteiger partial charge on any atom is -0.493 e.